The predicted octanol–water partition coefficient (Wildman–Crippen LogP) is 1.42. The van der Waals surface area contributed by atoms with Gasteiger partial charge in [-0.05, 0) is 50.3 Å². The number of likely N-dealkylation sites (tertiary alicyclic amines) is 1. The number of hydrogen-bond acceptors (Lipinski definition) is 5. The van der Waals surface area contributed by atoms with Gasteiger partial charge in [0.1, 0.15) is 10.9 Å². The third kappa shape index (κ3) is 3.67. The Morgan fingerprint density at radius 2 is 1.87 bits per heavy atom. The van der Waals surface area contributed by atoms with Crippen molar-refractivity contribution < 1.29 is 18.0 Å². The van der Waals surface area contributed by atoms with Gasteiger partial charge in [0.2, 0.25) is 21.8 Å². The van der Waals surface area contributed by atoms with E-state index in [1.165, 1.54) is 4.31 Å². The quantitative estimate of drug-likeness (QED) is 0.788. The number of hydrogen-bond donors (Lipinski definition) is 1. The van der Waals surface area contributed by atoms with Crippen LogP contribution in [0.2, 0.25) is 0 Å². The lowest BCUT2D eigenvalue weighted by Crippen LogP contribution is -2.49. The average molecular weight is 431 g/mol. The third-order valence-corrected chi connectivity index (χ3v) is 8.03. The summed E-state index contributed by atoms with van der Waals surface area (Å²) in [6, 6.07) is 6.54. The molecule has 1 atom stereocenters. The van der Waals surface area contributed by atoms with Crippen LogP contribution in [0.4, 0.5) is 0 Å². The van der Waals surface area contributed by atoms with E-state index >= 15 is 0 Å². The molecule has 2 aliphatic rings. The highest BCUT2D eigenvalue weighted by atomic mass is 32.2. The van der Waals surface area contributed by atoms with Crippen molar-refractivity contribution >= 4 is 32.7 Å². The molecule has 3 heterocycles. The summed E-state index contributed by atoms with van der Waals surface area (Å²) < 4.78 is 28.0. The molecule has 1 unspecified atom stereocenters. The minimum atomic E-state index is -3.72. The van der Waals surface area contributed by atoms with E-state index in [0.717, 1.165) is 17.4 Å². The molecule has 1 aromatic carbocycles. The molecule has 2 N–H and O–H groups in total. The molecule has 4 rings (SSSR count). The summed E-state index contributed by atoms with van der Waals surface area (Å²) in [6.45, 7) is 2.97. The van der Waals surface area contributed by atoms with Crippen LogP contribution in [0.1, 0.15) is 31.2 Å². The van der Waals surface area contributed by atoms with E-state index in [2.05, 4.69) is 4.98 Å². The highest BCUT2D eigenvalue weighted by molar-refractivity contribution is 7.89. The summed E-state index contributed by atoms with van der Waals surface area (Å²) in [6.07, 6.45) is 3.88. The van der Waals surface area contributed by atoms with Crippen molar-refractivity contribution in [3.8, 4) is 0 Å². The van der Waals surface area contributed by atoms with Gasteiger partial charge in [-0.25, -0.2) is 8.42 Å². The summed E-state index contributed by atoms with van der Waals surface area (Å²) in [5.41, 5.74) is 6.85. The maximum Gasteiger partial charge on any atom is 0.245 e. The first kappa shape index (κ1) is 20.7. The first-order valence-corrected chi connectivity index (χ1v) is 11.7. The van der Waals surface area contributed by atoms with Crippen LogP contribution in [0.25, 0.3) is 10.9 Å². The summed E-state index contributed by atoms with van der Waals surface area (Å²) >= 11 is 0. The molecule has 0 spiro atoms. The first-order chi connectivity index (χ1) is 14.3. The van der Waals surface area contributed by atoms with Crippen LogP contribution >= 0.6 is 0 Å². The standard InChI is InChI=1S/C21H26N4O4S/c1-14-12-16-4-2-6-18(19(16)23-13-14)30(28,29)24-10-7-15(8-11-24)21(27)25-9-3-5-17(25)20(22)26/h2,4,6,12-13,15,17H,3,5,7-11H2,1H3,(H2,22,26). The number of aryl methyl sites for hydroxylation is 1. The van der Waals surface area contributed by atoms with E-state index < -0.39 is 22.0 Å². The van der Waals surface area contributed by atoms with Gasteiger partial charge in [0.15, 0.2) is 0 Å². The van der Waals surface area contributed by atoms with Crippen molar-refractivity contribution in [1.29, 1.82) is 0 Å². The molecular weight excluding hydrogens is 404 g/mol. The molecule has 2 saturated heterocycles. The van der Waals surface area contributed by atoms with Gasteiger partial charge in [0.25, 0.3) is 0 Å². The second-order valence-corrected chi connectivity index (χ2v) is 10.0. The van der Waals surface area contributed by atoms with E-state index in [-0.39, 0.29) is 29.8 Å². The summed E-state index contributed by atoms with van der Waals surface area (Å²) in [7, 11) is -3.72. The van der Waals surface area contributed by atoms with Crippen LogP contribution in [-0.2, 0) is 19.6 Å². The molecule has 9 heteroatoms. The smallest absolute Gasteiger partial charge is 0.245 e. The predicted molar refractivity (Wildman–Crippen MR) is 112 cm³/mol. The lowest BCUT2D eigenvalue weighted by Gasteiger charge is -2.33. The van der Waals surface area contributed by atoms with Crippen LogP contribution in [0.3, 0.4) is 0 Å². The molecular formula is C21H26N4O4S. The van der Waals surface area contributed by atoms with E-state index in [1.54, 1.807) is 23.2 Å². The Morgan fingerprint density at radius 3 is 2.57 bits per heavy atom. The molecule has 0 saturated carbocycles. The maximum atomic E-state index is 13.3. The summed E-state index contributed by atoms with van der Waals surface area (Å²) in [4.78, 5) is 30.6. The normalized spacial score (nSPS) is 21.2. The zero-order chi connectivity index (χ0) is 21.5. The molecule has 0 radical (unpaired) electrons. The SMILES string of the molecule is Cc1cnc2c(S(=O)(=O)N3CCC(C(=O)N4CCCC4C(N)=O)CC3)cccc2c1. The number of nitrogens with two attached hydrogens (primary N) is 1. The molecule has 2 fully saturated rings. The van der Waals surface area contributed by atoms with E-state index in [4.69, 9.17) is 5.73 Å². The van der Waals surface area contributed by atoms with Crippen molar-refractivity contribution in [2.75, 3.05) is 19.6 Å². The third-order valence-electron chi connectivity index (χ3n) is 6.10. The Bertz CT molecular complexity index is 1090. The van der Waals surface area contributed by atoms with Crippen LogP contribution in [-0.4, -0.2) is 60.1 Å². The van der Waals surface area contributed by atoms with Crippen LogP contribution in [0.15, 0.2) is 35.4 Å². The lowest BCUT2D eigenvalue weighted by atomic mass is 9.96. The molecule has 1 aromatic heterocycles. The number of carbonyl (C=O) groups is 2. The number of pyridine rings is 1. The number of fused-ring (bicyclic) bond motifs is 1. The second kappa shape index (κ2) is 7.96. The first-order valence-electron chi connectivity index (χ1n) is 10.2. The van der Waals surface area contributed by atoms with Crippen LogP contribution in [0.5, 0.6) is 0 Å². The van der Waals surface area contributed by atoms with Gasteiger partial charge in [-0.15, -0.1) is 0 Å². The molecule has 2 aromatic rings. The van der Waals surface area contributed by atoms with Crippen molar-refractivity contribution in [3.63, 3.8) is 0 Å². The fourth-order valence-corrected chi connectivity index (χ4v) is 6.13. The highest BCUT2D eigenvalue weighted by Gasteiger charge is 2.39. The van der Waals surface area contributed by atoms with Crippen LogP contribution < -0.4 is 5.73 Å². The van der Waals surface area contributed by atoms with E-state index in [1.807, 2.05) is 19.1 Å². The van der Waals surface area contributed by atoms with Gasteiger partial charge < -0.3 is 10.6 Å². The fraction of sp³-hybridized carbons (Fsp3) is 0.476. The Kier molecular flexibility index (Phi) is 5.50. The highest BCUT2D eigenvalue weighted by Crippen LogP contribution is 2.30. The number of benzene rings is 1. The van der Waals surface area contributed by atoms with Gasteiger partial charge in [-0.3, -0.25) is 14.6 Å². The average Bonchev–Trinajstić information content (AvgIpc) is 3.23. The minimum absolute atomic E-state index is 0.0874. The monoisotopic (exact) mass is 430 g/mol. The number of rotatable bonds is 4. The number of sulfonamides is 1. The largest absolute Gasteiger partial charge is 0.368 e. The van der Waals surface area contributed by atoms with Crippen molar-refractivity contribution in [1.82, 2.24) is 14.2 Å². The fourth-order valence-electron chi connectivity index (χ4n) is 4.49. The molecule has 2 aliphatic heterocycles. The van der Waals surface area contributed by atoms with Gasteiger partial charge in [0.05, 0.1) is 5.52 Å². The van der Waals surface area contributed by atoms with Crippen molar-refractivity contribution in [2.45, 2.75) is 43.5 Å². The number of primary amides is 1. The number of nitrogens with zero attached hydrogens (tertiary/aromatic N) is 3. The van der Waals surface area contributed by atoms with Crippen molar-refractivity contribution in [3.05, 3.63) is 36.0 Å². The van der Waals surface area contributed by atoms with E-state index in [0.29, 0.717) is 31.3 Å². The van der Waals surface area contributed by atoms with Gasteiger partial charge in [-0.2, -0.15) is 4.31 Å². The number of amides is 2. The van der Waals surface area contributed by atoms with Crippen LogP contribution in [0, 0.1) is 12.8 Å². The lowest BCUT2D eigenvalue weighted by molar-refractivity contribution is -0.141. The van der Waals surface area contributed by atoms with Crippen molar-refractivity contribution in [2.24, 2.45) is 11.7 Å². The Labute approximate surface area is 176 Å². The Hall–Kier alpha value is -2.52. The molecule has 0 bridgehead atoms. The van der Waals surface area contributed by atoms with Gasteiger partial charge in [-0.1, -0.05) is 12.1 Å². The number of carbonyl (C=O) groups excluding carboxylic acids is 2. The maximum absolute atomic E-state index is 13.3. The Morgan fingerprint density at radius 1 is 1.13 bits per heavy atom. The topological polar surface area (TPSA) is 114 Å². The summed E-state index contributed by atoms with van der Waals surface area (Å²) in [5.74, 6) is -0.847. The van der Waals surface area contributed by atoms with E-state index in [9.17, 15) is 18.0 Å². The Balaban J connectivity index is 1.50. The molecule has 2 amide bonds. The molecule has 8 nitrogen and oxygen atoms in total. The van der Waals surface area contributed by atoms with Gasteiger partial charge in [0, 0.05) is 37.1 Å². The number of piperidine rings is 1. The second-order valence-electron chi connectivity index (χ2n) is 8.11. The zero-order valence-electron chi connectivity index (χ0n) is 17.0. The minimum Gasteiger partial charge on any atom is -0.368 e. The molecule has 30 heavy (non-hydrogen) atoms. The summed E-state index contributed by atoms with van der Waals surface area (Å²) in [5, 5.41) is 0.785. The number of para-hydroxylation sites is 1. The molecule has 0 aliphatic carbocycles. The molecule has 160 valence electrons. The number of aromatic nitrogens is 1. The zero-order valence-corrected chi connectivity index (χ0v) is 17.8. The van der Waals surface area contributed by atoms with Gasteiger partial charge >= 0.3 is 0 Å².